The first-order chi connectivity index (χ1) is 17.1. The number of nitrogen functional groups attached to an aromatic ring is 1. The molecule has 4 heterocycles. The van der Waals surface area contributed by atoms with Gasteiger partial charge in [0.05, 0.1) is 0 Å². The molecule has 2 unspecified atom stereocenters. The molecular weight excluding hydrogens is 556 g/mol. The molecule has 0 radical (unpaired) electrons. The molecule has 14 nitrogen and oxygen atoms in total. The molecule has 192 valence electrons. The molecule has 3 atom stereocenters. The number of thioether (sulfide) groups is 2. The van der Waals surface area contributed by atoms with Crippen molar-refractivity contribution in [3.05, 3.63) is 27.3 Å². The highest BCUT2D eigenvalue weighted by atomic mass is 35.5. The van der Waals surface area contributed by atoms with E-state index in [0.29, 0.717) is 22.3 Å². The second kappa shape index (κ2) is 10.5. The first kappa shape index (κ1) is 26.1. The number of nitrogens with one attached hydrogen (secondary N) is 2. The Bertz CT molecular complexity index is 1280. The second-order valence-corrected chi connectivity index (χ2v) is 11.4. The van der Waals surface area contributed by atoms with Crippen LogP contribution in [0.2, 0.25) is 4.34 Å². The third-order valence-corrected chi connectivity index (χ3v) is 8.43. The van der Waals surface area contributed by atoms with Crippen LogP contribution in [0, 0.1) is 6.92 Å². The molecule has 4 rings (SSSR count). The number of anilines is 1. The molecule has 2 aromatic rings. The maximum Gasteiger partial charge on any atom is 0.512 e. The number of H-pyrrole nitrogens is 1. The van der Waals surface area contributed by atoms with Gasteiger partial charge in [-0.15, -0.1) is 22.0 Å². The first-order valence-corrected chi connectivity index (χ1v) is 13.2. The van der Waals surface area contributed by atoms with Gasteiger partial charge in [-0.1, -0.05) is 39.9 Å². The van der Waals surface area contributed by atoms with E-state index in [-0.39, 0.29) is 32.0 Å². The number of nitrogens with zero attached hydrogens (tertiary/aromatic N) is 5. The molecule has 2 aliphatic heterocycles. The number of aryl methyl sites for hydroxylation is 1. The summed E-state index contributed by atoms with van der Waals surface area (Å²) in [5.74, 6) is -0.421. The standard InChI is InChI=1S/C18H19ClN8O6S3/c1-5(35-17-21-6(2)24-25-17)7-4-34-15-10(13(29)27(15)14(7)33-18(30)31)22-12(28)9(26-32-3)8-11(19)36-16(20)23-8/h5,10,15H,4H2,1-3H3,(H2,20,23)(H,22,28)(H,30,31)(H,21,24,25)/t5?,10?,15-/m0/s1. The van der Waals surface area contributed by atoms with Crippen LogP contribution in [0.25, 0.3) is 0 Å². The topological polar surface area (TPSA) is 198 Å². The SMILES string of the molecule is CON=C(C(=O)NC1C(=O)N2C(OC(=O)O)=C(C(C)Sc3nnc(C)[nH]3)CS[C@@H]12)c1nc(N)sc1Cl. The maximum absolute atomic E-state index is 13.1. The van der Waals surface area contributed by atoms with Gasteiger partial charge in [-0.3, -0.25) is 14.5 Å². The number of hydrogen-bond acceptors (Lipinski definition) is 13. The number of carbonyl (C=O) groups is 3. The highest BCUT2D eigenvalue weighted by molar-refractivity contribution is 8.01. The number of oxime groups is 1. The van der Waals surface area contributed by atoms with Crippen LogP contribution in [0.1, 0.15) is 18.4 Å². The van der Waals surface area contributed by atoms with Crippen LogP contribution in [0.3, 0.4) is 0 Å². The molecule has 18 heteroatoms. The number of halogens is 1. The van der Waals surface area contributed by atoms with Crippen LogP contribution in [0.15, 0.2) is 21.8 Å². The van der Waals surface area contributed by atoms with E-state index in [1.807, 2.05) is 6.92 Å². The van der Waals surface area contributed by atoms with Gasteiger partial charge in [-0.2, -0.15) is 0 Å². The predicted octanol–water partition coefficient (Wildman–Crippen LogP) is 1.64. The summed E-state index contributed by atoms with van der Waals surface area (Å²) < 4.78 is 5.16. The van der Waals surface area contributed by atoms with Crippen LogP contribution < -0.4 is 11.1 Å². The highest BCUT2D eigenvalue weighted by Crippen LogP contribution is 2.43. The lowest BCUT2D eigenvalue weighted by Gasteiger charge is -2.49. The van der Waals surface area contributed by atoms with Crippen molar-refractivity contribution >= 4 is 75.3 Å². The zero-order valence-corrected chi connectivity index (χ0v) is 22.0. The third-order valence-electron chi connectivity index (χ3n) is 5.00. The summed E-state index contributed by atoms with van der Waals surface area (Å²) in [6.07, 6.45) is -1.56. The summed E-state index contributed by atoms with van der Waals surface area (Å²) in [7, 11) is 1.24. The Balaban J connectivity index is 1.54. The molecule has 0 saturated carbocycles. The molecule has 0 aliphatic carbocycles. The number of aromatic nitrogens is 4. The number of ether oxygens (including phenoxy) is 1. The Kier molecular flexibility index (Phi) is 7.62. The van der Waals surface area contributed by atoms with Crippen LogP contribution in [-0.4, -0.2) is 83.4 Å². The van der Waals surface area contributed by atoms with Gasteiger partial charge in [0.25, 0.3) is 11.8 Å². The van der Waals surface area contributed by atoms with Crippen molar-refractivity contribution in [1.82, 2.24) is 30.4 Å². The molecule has 0 spiro atoms. The van der Waals surface area contributed by atoms with Crippen LogP contribution in [0.4, 0.5) is 9.93 Å². The molecule has 2 amide bonds. The van der Waals surface area contributed by atoms with E-state index in [9.17, 15) is 19.5 Å². The number of nitrogens with two attached hydrogens (primary N) is 1. The second-order valence-electron chi connectivity index (χ2n) is 7.33. The van der Waals surface area contributed by atoms with Crippen LogP contribution in [-0.2, 0) is 19.2 Å². The number of carboxylic acid groups (broad SMARTS) is 1. The van der Waals surface area contributed by atoms with Crippen LogP contribution >= 0.6 is 46.5 Å². The number of carbonyl (C=O) groups excluding carboxylic acids is 2. The minimum Gasteiger partial charge on any atom is -0.449 e. The fourth-order valence-electron chi connectivity index (χ4n) is 3.44. The molecule has 2 aliphatic rings. The van der Waals surface area contributed by atoms with Gasteiger partial charge in [0, 0.05) is 16.6 Å². The van der Waals surface area contributed by atoms with Gasteiger partial charge in [-0.25, -0.2) is 9.78 Å². The number of β-lactam (4-membered cyclic amide) rings is 1. The number of amides is 2. The Labute approximate surface area is 221 Å². The fraction of sp³-hybridized carbons (Fsp3) is 0.389. The summed E-state index contributed by atoms with van der Waals surface area (Å²) in [6.45, 7) is 3.60. The summed E-state index contributed by atoms with van der Waals surface area (Å²) in [5, 5.41) is 23.3. The zero-order valence-electron chi connectivity index (χ0n) is 18.8. The average Bonchev–Trinajstić information content (AvgIpc) is 3.37. The Morgan fingerprint density at radius 2 is 2.19 bits per heavy atom. The lowest BCUT2D eigenvalue weighted by Crippen LogP contribution is -2.70. The van der Waals surface area contributed by atoms with Crippen LogP contribution in [0.5, 0.6) is 0 Å². The number of rotatable bonds is 8. The molecule has 1 saturated heterocycles. The highest BCUT2D eigenvalue weighted by Gasteiger charge is 2.55. The molecule has 5 N–H and O–H groups in total. The summed E-state index contributed by atoms with van der Waals surface area (Å²) in [4.78, 5) is 50.4. The van der Waals surface area contributed by atoms with E-state index < -0.39 is 29.4 Å². The van der Waals surface area contributed by atoms with Crippen molar-refractivity contribution in [1.29, 1.82) is 0 Å². The monoisotopic (exact) mass is 574 g/mol. The summed E-state index contributed by atoms with van der Waals surface area (Å²) in [6, 6.07) is -0.979. The molecule has 2 aromatic heterocycles. The minimum atomic E-state index is -1.56. The predicted molar refractivity (Wildman–Crippen MR) is 133 cm³/mol. The quantitative estimate of drug-likeness (QED) is 0.117. The number of aromatic amines is 1. The summed E-state index contributed by atoms with van der Waals surface area (Å²) >= 11 is 9.72. The Morgan fingerprint density at radius 1 is 1.44 bits per heavy atom. The van der Waals surface area contributed by atoms with Gasteiger partial charge < -0.3 is 30.7 Å². The van der Waals surface area contributed by atoms with E-state index in [0.717, 1.165) is 11.3 Å². The van der Waals surface area contributed by atoms with E-state index >= 15 is 0 Å². The van der Waals surface area contributed by atoms with Crippen molar-refractivity contribution in [3.8, 4) is 0 Å². The van der Waals surface area contributed by atoms with Gasteiger partial charge in [0.1, 0.15) is 34.4 Å². The summed E-state index contributed by atoms with van der Waals surface area (Å²) in [5.41, 5.74) is 6.00. The number of fused-ring (bicyclic) bond motifs is 1. The minimum absolute atomic E-state index is 0.0176. The van der Waals surface area contributed by atoms with Crippen molar-refractivity contribution in [3.63, 3.8) is 0 Å². The lowest BCUT2D eigenvalue weighted by molar-refractivity contribution is -0.148. The first-order valence-electron chi connectivity index (χ1n) is 10.1. The van der Waals surface area contributed by atoms with Crippen molar-refractivity contribution in [2.45, 2.75) is 35.7 Å². The molecule has 36 heavy (non-hydrogen) atoms. The molecule has 1 fully saturated rings. The Hall–Kier alpha value is -3.02. The molecule has 0 bridgehead atoms. The fourth-order valence-corrected chi connectivity index (χ4v) is 6.88. The van der Waals surface area contributed by atoms with Crippen molar-refractivity contribution in [2.24, 2.45) is 5.16 Å². The smallest absolute Gasteiger partial charge is 0.449 e. The normalized spacial score (nSPS) is 20.5. The van der Waals surface area contributed by atoms with E-state index in [2.05, 4.69) is 30.6 Å². The number of thiazole rings is 1. The van der Waals surface area contributed by atoms with Gasteiger partial charge in [0.15, 0.2) is 16.0 Å². The zero-order chi connectivity index (χ0) is 26.1. The average molecular weight is 575 g/mol. The van der Waals surface area contributed by atoms with Gasteiger partial charge >= 0.3 is 6.16 Å². The van der Waals surface area contributed by atoms with Crippen molar-refractivity contribution in [2.75, 3.05) is 18.6 Å². The molecular formula is C18H19ClN8O6S3. The van der Waals surface area contributed by atoms with E-state index in [1.165, 1.54) is 35.5 Å². The molecule has 0 aromatic carbocycles. The third kappa shape index (κ3) is 5.09. The van der Waals surface area contributed by atoms with Gasteiger partial charge in [0.2, 0.25) is 5.88 Å². The largest absolute Gasteiger partial charge is 0.512 e. The maximum atomic E-state index is 13.1. The van der Waals surface area contributed by atoms with Gasteiger partial charge in [-0.05, 0) is 13.8 Å². The van der Waals surface area contributed by atoms with E-state index in [1.54, 1.807) is 6.92 Å². The van der Waals surface area contributed by atoms with E-state index in [4.69, 9.17) is 26.9 Å². The Morgan fingerprint density at radius 3 is 2.78 bits per heavy atom. The van der Waals surface area contributed by atoms with Crippen molar-refractivity contribution < 1.29 is 29.1 Å². The lowest BCUT2D eigenvalue weighted by atomic mass is 10.0. The number of hydrogen-bond donors (Lipinski definition) is 4.